The van der Waals surface area contributed by atoms with Crippen LogP contribution in [0.1, 0.15) is 33.0 Å². The van der Waals surface area contributed by atoms with Crippen molar-refractivity contribution in [2.75, 3.05) is 0 Å². The van der Waals surface area contributed by atoms with Crippen molar-refractivity contribution >= 4 is 17.4 Å². The molecule has 100 valence electrons. The van der Waals surface area contributed by atoms with E-state index >= 15 is 0 Å². The van der Waals surface area contributed by atoms with Crippen LogP contribution < -0.4 is 0 Å². The molecule has 2 nitrogen and oxygen atoms in total. The van der Waals surface area contributed by atoms with Gasteiger partial charge in [0.2, 0.25) is 0 Å². The lowest BCUT2D eigenvalue weighted by atomic mass is 9.89. The van der Waals surface area contributed by atoms with Gasteiger partial charge in [-0.15, -0.1) is 0 Å². The molecule has 0 fully saturated rings. The fraction of sp³-hybridized carbons (Fsp3) is 0.176. The largest absolute Gasteiger partial charge is 0.292 e. The van der Waals surface area contributed by atoms with Crippen molar-refractivity contribution in [3.63, 3.8) is 0 Å². The van der Waals surface area contributed by atoms with Gasteiger partial charge >= 0.3 is 0 Å². The highest BCUT2D eigenvalue weighted by atomic mass is 35.5. The predicted molar refractivity (Wildman–Crippen MR) is 80.1 cm³/mol. The topological polar surface area (TPSA) is 40.9 Å². The van der Waals surface area contributed by atoms with Crippen LogP contribution in [-0.4, -0.2) is 5.78 Å². The molecule has 0 N–H and O–H groups in total. The zero-order valence-corrected chi connectivity index (χ0v) is 12.1. The van der Waals surface area contributed by atoms with Crippen molar-refractivity contribution in [3.05, 3.63) is 69.7 Å². The van der Waals surface area contributed by atoms with Crippen molar-refractivity contribution in [2.24, 2.45) is 0 Å². The van der Waals surface area contributed by atoms with E-state index in [2.05, 4.69) is 6.07 Å². The lowest BCUT2D eigenvalue weighted by Crippen LogP contribution is -2.13. The maximum absolute atomic E-state index is 12.6. The summed E-state index contributed by atoms with van der Waals surface area (Å²) in [6.07, 6.45) is 0. The van der Waals surface area contributed by atoms with Crippen LogP contribution in [0.2, 0.25) is 5.02 Å². The maximum atomic E-state index is 12.6. The molecule has 0 heterocycles. The van der Waals surface area contributed by atoms with Crippen molar-refractivity contribution in [2.45, 2.75) is 19.8 Å². The molecule has 1 atom stereocenters. The molecule has 2 rings (SSSR count). The van der Waals surface area contributed by atoms with Gasteiger partial charge in [0.15, 0.2) is 5.78 Å². The third-order valence-electron chi connectivity index (χ3n) is 3.46. The number of hydrogen-bond donors (Lipinski definition) is 0. The summed E-state index contributed by atoms with van der Waals surface area (Å²) in [5.74, 6) is -0.969. The summed E-state index contributed by atoms with van der Waals surface area (Å²) < 4.78 is 0. The summed E-state index contributed by atoms with van der Waals surface area (Å²) in [6, 6.07) is 14.5. The number of carbonyl (C=O) groups is 1. The Morgan fingerprint density at radius 1 is 1.15 bits per heavy atom. The number of nitrogens with zero attached hydrogens (tertiary/aromatic N) is 1. The van der Waals surface area contributed by atoms with Gasteiger partial charge in [-0.2, -0.15) is 5.26 Å². The molecular weight excluding hydrogens is 270 g/mol. The highest BCUT2D eigenvalue weighted by Gasteiger charge is 2.23. The summed E-state index contributed by atoms with van der Waals surface area (Å²) >= 11 is 5.83. The van der Waals surface area contributed by atoms with Gasteiger partial charge < -0.3 is 0 Å². The molecule has 0 saturated heterocycles. The third kappa shape index (κ3) is 2.74. The van der Waals surface area contributed by atoms with Crippen molar-refractivity contribution in [1.29, 1.82) is 5.26 Å². The molecule has 0 aliphatic heterocycles. The number of rotatable bonds is 3. The second kappa shape index (κ2) is 5.90. The molecule has 0 aliphatic rings. The summed E-state index contributed by atoms with van der Waals surface area (Å²) in [5.41, 5.74) is 3.24. The molecule has 2 aromatic carbocycles. The number of ketones is 1. The Morgan fingerprint density at radius 2 is 1.80 bits per heavy atom. The van der Waals surface area contributed by atoms with E-state index in [0.29, 0.717) is 16.1 Å². The molecule has 20 heavy (non-hydrogen) atoms. The minimum Gasteiger partial charge on any atom is -0.292 e. The number of carbonyl (C=O) groups excluding carboxylic acids is 1. The molecule has 0 bridgehead atoms. The molecule has 0 radical (unpaired) electrons. The quantitative estimate of drug-likeness (QED) is 0.781. The fourth-order valence-corrected chi connectivity index (χ4v) is 2.24. The molecule has 2 aromatic rings. The third-order valence-corrected chi connectivity index (χ3v) is 3.72. The highest BCUT2D eigenvalue weighted by molar-refractivity contribution is 6.30. The number of Topliss-reactive ketones (excluding diaryl/α,β-unsaturated/α-hetero) is 1. The molecule has 0 aliphatic carbocycles. The average molecular weight is 284 g/mol. The standard InChI is InChI=1S/C17H14ClNO/c1-11-4-3-5-15(12(11)2)17(20)16(10-19)13-6-8-14(18)9-7-13/h3-9,16H,1-2H3. The van der Waals surface area contributed by atoms with Gasteiger partial charge in [-0.3, -0.25) is 4.79 Å². The highest BCUT2D eigenvalue weighted by Crippen LogP contribution is 2.24. The number of benzene rings is 2. The molecule has 0 spiro atoms. The van der Waals surface area contributed by atoms with Gasteiger partial charge in [0.25, 0.3) is 0 Å². The van der Waals surface area contributed by atoms with Crippen LogP contribution in [0, 0.1) is 25.2 Å². The van der Waals surface area contributed by atoms with Gasteiger partial charge in [-0.25, -0.2) is 0 Å². The first-order chi connectivity index (χ1) is 9.54. The number of halogens is 1. The lowest BCUT2D eigenvalue weighted by molar-refractivity contribution is 0.0978. The second-order valence-electron chi connectivity index (χ2n) is 4.73. The first kappa shape index (κ1) is 14.3. The van der Waals surface area contributed by atoms with E-state index in [1.54, 1.807) is 30.3 Å². The van der Waals surface area contributed by atoms with Crippen molar-refractivity contribution in [3.8, 4) is 6.07 Å². The Kier molecular flexibility index (Phi) is 4.22. The van der Waals surface area contributed by atoms with Crippen LogP contribution >= 0.6 is 11.6 Å². The Bertz CT molecular complexity index is 683. The van der Waals surface area contributed by atoms with E-state index < -0.39 is 5.92 Å². The van der Waals surface area contributed by atoms with Gasteiger partial charge in [-0.05, 0) is 42.7 Å². The van der Waals surface area contributed by atoms with Crippen LogP contribution in [-0.2, 0) is 0 Å². The Labute approximate surface area is 123 Å². The fourth-order valence-electron chi connectivity index (χ4n) is 2.11. The first-order valence-electron chi connectivity index (χ1n) is 6.30. The predicted octanol–water partition coefficient (Wildman–Crippen LogP) is 4.45. The zero-order chi connectivity index (χ0) is 14.7. The molecule has 0 saturated carbocycles. The Morgan fingerprint density at radius 3 is 2.40 bits per heavy atom. The van der Waals surface area contributed by atoms with Crippen molar-refractivity contribution < 1.29 is 4.79 Å². The van der Waals surface area contributed by atoms with Gasteiger partial charge in [-0.1, -0.05) is 41.9 Å². The summed E-state index contributed by atoms with van der Waals surface area (Å²) in [4.78, 5) is 12.6. The number of aryl methyl sites for hydroxylation is 1. The van der Waals surface area contributed by atoms with E-state index in [4.69, 9.17) is 11.6 Å². The van der Waals surface area contributed by atoms with E-state index in [1.165, 1.54) is 0 Å². The van der Waals surface area contributed by atoms with Crippen LogP contribution in [0.4, 0.5) is 0 Å². The van der Waals surface area contributed by atoms with Gasteiger partial charge in [0.1, 0.15) is 5.92 Å². The summed E-state index contributed by atoms with van der Waals surface area (Å²) in [5, 5.41) is 9.92. The van der Waals surface area contributed by atoms with Gasteiger partial charge in [0, 0.05) is 10.6 Å². The van der Waals surface area contributed by atoms with E-state index in [9.17, 15) is 10.1 Å². The average Bonchev–Trinajstić information content (AvgIpc) is 2.44. The van der Waals surface area contributed by atoms with E-state index in [1.807, 2.05) is 26.0 Å². The zero-order valence-electron chi connectivity index (χ0n) is 11.4. The minimum absolute atomic E-state index is 0.170. The Balaban J connectivity index is 2.42. The van der Waals surface area contributed by atoms with Crippen LogP contribution in [0.25, 0.3) is 0 Å². The normalized spacial score (nSPS) is 11.7. The second-order valence-corrected chi connectivity index (χ2v) is 5.16. The van der Waals surface area contributed by atoms with Crippen LogP contribution in [0.5, 0.6) is 0 Å². The summed E-state index contributed by atoms with van der Waals surface area (Å²) in [7, 11) is 0. The molecule has 0 aromatic heterocycles. The minimum atomic E-state index is -0.798. The molecule has 0 amide bonds. The number of hydrogen-bond acceptors (Lipinski definition) is 2. The monoisotopic (exact) mass is 283 g/mol. The smallest absolute Gasteiger partial charge is 0.184 e. The SMILES string of the molecule is Cc1cccc(C(=O)C(C#N)c2ccc(Cl)cc2)c1C. The Hall–Kier alpha value is -2.11. The van der Waals surface area contributed by atoms with E-state index in [0.717, 1.165) is 11.1 Å². The maximum Gasteiger partial charge on any atom is 0.184 e. The van der Waals surface area contributed by atoms with Crippen LogP contribution in [0.3, 0.4) is 0 Å². The molecule has 3 heteroatoms. The molecular formula is C17H14ClNO. The first-order valence-corrected chi connectivity index (χ1v) is 6.68. The lowest BCUT2D eigenvalue weighted by Gasteiger charge is -2.12. The van der Waals surface area contributed by atoms with E-state index in [-0.39, 0.29) is 5.78 Å². The molecule has 1 unspecified atom stereocenters. The number of nitriles is 1. The summed E-state index contributed by atoms with van der Waals surface area (Å²) in [6.45, 7) is 3.86. The van der Waals surface area contributed by atoms with Crippen molar-refractivity contribution in [1.82, 2.24) is 0 Å². The van der Waals surface area contributed by atoms with Crippen LogP contribution in [0.15, 0.2) is 42.5 Å². The van der Waals surface area contributed by atoms with Gasteiger partial charge in [0.05, 0.1) is 6.07 Å².